The molecular formula is C15H24N2O3S. The number of ether oxygens (including phenoxy) is 1. The van der Waals surface area contributed by atoms with Gasteiger partial charge in [-0.15, -0.1) is 0 Å². The minimum Gasteiger partial charge on any atom is -0.497 e. The van der Waals surface area contributed by atoms with Gasteiger partial charge >= 0.3 is 0 Å². The quantitative estimate of drug-likeness (QED) is 0.839. The van der Waals surface area contributed by atoms with E-state index in [-0.39, 0.29) is 5.54 Å². The van der Waals surface area contributed by atoms with Crippen LogP contribution in [-0.4, -0.2) is 27.6 Å². The van der Waals surface area contributed by atoms with Gasteiger partial charge < -0.3 is 10.5 Å². The lowest BCUT2D eigenvalue weighted by Gasteiger charge is -2.25. The van der Waals surface area contributed by atoms with Crippen LogP contribution in [-0.2, 0) is 16.4 Å². The highest BCUT2D eigenvalue weighted by Crippen LogP contribution is 2.31. The molecule has 1 fully saturated rings. The number of rotatable bonds is 6. The van der Waals surface area contributed by atoms with Crippen LogP contribution in [0.3, 0.4) is 0 Å². The lowest BCUT2D eigenvalue weighted by Crippen LogP contribution is -2.43. The SMILES string of the molecule is COc1ccc(S(=O)(=O)NC2(C)CCCC2)c(CCN)c1. The summed E-state index contributed by atoms with van der Waals surface area (Å²) in [5, 5.41) is 0. The number of nitrogens with one attached hydrogen (secondary N) is 1. The predicted molar refractivity (Wildman–Crippen MR) is 82.9 cm³/mol. The Bertz CT molecular complexity index is 593. The first-order valence-electron chi connectivity index (χ1n) is 7.31. The monoisotopic (exact) mass is 312 g/mol. The molecule has 0 atom stereocenters. The Morgan fingerprint density at radius 3 is 2.57 bits per heavy atom. The second-order valence-corrected chi connectivity index (χ2v) is 7.54. The normalized spacial score (nSPS) is 17.9. The summed E-state index contributed by atoms with van der Waals surface area (Å²) in [5.74, 6) is 0.643. The first-order valence-corrected chi connectivity index (χ1v) is 8.79. The highest BCUT2D eigenvalue weighted by atomic mass is 32.2. The molecule has 1 saturated carbocycles. The third kappa shape index (κ3) is 3.75. The highest BCUT2D eigenvalue weighted by Gasteiger charge is 2.34. The van der Waals surface area contributed by atoms with E-state index >= 15 is 0 Å². The third-order valence-electron chi connectivity index (χ3n) is 4.06. The zero-order valence-electron chi connectivity index (χ0n) is 12.7. The average molecular weight is 312 g/mol. The van der Waals surface area contributed by atoms with Crippen LogP contribution >= 0.6 is 0 Å². The maximum atomic E-state index is 12.7. The molecule has 1 aliphatic carbocycles. The minimum atomic E-state index is -3.54. The van der Waals surface area contributed by atoms with E-state index in [9.17, 15) is 8.42 Å². The van der Waals surface area contributed by atoms with Gasteiger partial charge in [-0.3, -0.25) is 0 Å². The number of hydrogen-bond acceptors (Lipinski definition) is 4. The van der Waals surface area contributed by atoms with Crippen LogP contribution in [0.5, 0.6) is 5.75 Å². The van der Waals surface area contributed by atoms with Crippen molar-refractivity contribution in [3.8, 4) is 5.75 Å². The molecule has 0 radical (unpaired) electrons. The van der Waals surface area contributed by atoms with Gasteiger partial charge in [-0.05, 0) is 56.5 Å². The molecular weight excluding hydrogens is 288 g/mol. The Balaban J connectivity index is 2.34. The van der Waals surface area contributed by atoms with E-state index in [1.54, 1.807) is 25.3 Å². The molecule has 0 aromatic heterocycles. The Morgan fingerprint density at radius 2 is 2.00 bits per heavy atom. The van der Waals surface area contributed by atoms with Gasteiger partial charge in [0.2, 0.25) is 10.0 Å². The van der Waals surface area contributed by atoms with Gasteiger partial charge in [0.05, 0.1) is 12.0 Å². The van der Waals surface area contributed by atoms with Gasteiger partial charge in [-0.1, -0.05) is 12.8 Å². The van der Waals surface area contributed by atoms with Gasteiger partial charge in [-0.2, -0.15) is 0 Å². The summed E-state index contributed by atoms with van der Waals surface area (Å²) in [4.78, 5) is 0.307. The molecule has 1 aromatic carbocycles. The zero-order chi connectivity index (χ0) is 15.5. The molecule has 0 unspecified atom stereocenters. The number of methoxy groups -OCH3 is 1. The highest BCUT2D eigenvalue weighted by molar-refractivity contribution is 7.89. The molecule has 6 heteroatoms. The van der Waals surface area contributed by atoms with Crippen molar-refractivity contribution < 1.29 is 13.2 Å². The van der Waals surface area contributed by atoms with Crippen molar-refractivity contribution in [2.45, 2.75) is 49.5 Å². The van der Waals surface area contributed by atoms with Crippen molar-refractivity contribution in [3.63, 3.8) is 0 Å². The fourth-order valence-corrected chi connectivity index (χ4v) is 4.65. The second kappa shape index (κ2) is 6.34. The van der Waals surface area contributed by atoms with Gasteiger partial charge in [0.1, 0.15) is 5.75 Å². The van der Waals surface area contributed by atoms with Crippen LogP contribution in [0.4, 0.5) is 0 Å². The van der Waals surface area contributed by atoms with E-state index in [2.05, 4.69) is 4.72 Å². The zero-order valence-corrected chi connectivity index (χ0v) is 13.5. The number of hydrogen-bond donors (Lipinski definition) is 2. The number of nitrogens with two attached hydrogens (primary N) is 1. The maximum absolute atomic E-state index is 12.7. The Labute approximate surface area is 126 Å². The molecule has 2 rings (SSSR count). The Kier molecular flexibility index (Phi) is 4.91. The molecule has 21 heavy (non-hydrogen) atoms. The average Bonchev–Trinajstić information content (AvgIpc) is 2.84. The van der Waals surface area contributed by atoms with E-state index in [0.29, 0.717) is 29.2 Å². The molecule has 118 valence electrons. The van der Waals surface area contributed by atoms with Crippen molar-refractivity contribution >= 4 is 10.0 Å². The van der Waals surface area contributed by atoms with Crippen molar-refractivity contribution in [1.82, 2.24) is 4.72 Å². The summed E-state index contributed by atoms with van der Waals surface area (Å²) in [7, 11) is -1.98. The molecule has 0 amide bonds. The predicted octanol–water partition coefficient (Wildman–Crippen LogP) is 1.81. The van der Waals surface area contributed by atoms with Crippen LogP contribution in [0.15, 0.2) is 23.1 Å². The Hall–Kier alpha value is -1.11. The molecule has 3 N–H and O–H groups in total. The molecule has 0 heterocycles. The second-order valence-electron chi connectivity index (χ2n) is 5.89. The fraction of sp³-hybridized carbons (Fsp3) is 0.600. The molecule has 0 saturated heterocycles. The molecule has 1 aromatic rings. The summed E-state index contributed by atoms with van der Waals surface area (Å²) >= 11 is 0. The van der Waals surface area contributed by atoms with Crippen molar-refractivity contribution in [1.29, 1.82) is 0 Å². The van der Waals surface area contributed by atoms with Crippen LogP contribution in [0.1, 0.15) is 38.2 Å². The molecule has 0 bridgehead atoms. The van der Waals surface area contributed by atoms with E-state index in [0.717, 1.165) is 25.7 Å². The standard InChI is InChI=1S/C15H24N2O3S/c1-15(8-3-4-9-15)17-21(18,19)14-6-5-13(20-2)11-12(14)7-10-16/h5-6,11,17H,3-4,7-10,16H2,1-2H3. The van der Waals surface area contributed by atoms with E-state index in [1.165, 1.54) is 0 Å². The van der Waals surface area contributed by atoms with Crippen molar-refractivity contribution in [2.75, 3.05) is 13.7 Å². The molecule has 1 aliphatic rings. The van der Waals surface area contributed by atoms with Gasteiger partial charge in [0.15, 0.2) is 0 Å². The largest absolute Gasteiger partial charge is 0.497 e. The summed E-state index contributed by atoms with van der Waals surface area (Å²) < 4.78 is 33.4. The van der Waals surface area contributed by atoms with Crippen LogP contribution in [0.25, 0.3) is 0 Å². The number of sulfonamides is 1. The molecule has 0 aliphatic heterocycles. The van der Waals surface area contributed by atoms with Crippen LogP contribution < -0.4 is 15.2 Å². The third-order valence-corrected chi connectivity index (χ3v) is 5.80. The van der Waals surface area contributed by atoms with Crippen molar-refractivity contribution in [3.05, 3.63) is 23.8 Å². The summed E-state index contributed by atoms with van der Waals surface area (Å²) in [6.45, 7) is 2.37. The maximum Gasteiger partial charge on any atom is 0.241 e. The van der Waals surface area contributed by atoms with Gasteiger partial charge in [-0.25, -0.2) is 13.1 Å². The summed E-state index contributed by atoms with van der Waals surface area (Å²) in [6.07, 6.45) is 4.40. The molecule has 0 spiro atoms. The lowest BCUT2D eigenvalue weighted by molar-refractivity contribution is 0.413. The first kappa shape index (κ1) is 16.3. The number of benzene rings is 1. The van der Waals surface area contributed by atoms with Gasteiger partial charge in [0.25, 0.3) is 0 Å². The fourth-order valence-electron chi connectivity index (χ4n) is 2.93. The smallest absolute Gasteiger partial charge is 0.241 e. The van der Waals surface area contributed by atoms with Crippen molar-refractivity contribution in [2.24, 2.45) is 5.73 Å². The molecule has 5 nitrogen and oxygen atoms in total. The first-order chi connectivity index (χ1) is 9.90. The Morgan fingerprint density at radius 1 is 1.33 bits per heavy atom. The summed E-state index contributed by atoms with van der Waals surface area (Å²) in [5.41, 5.74) is 5.96. The van der Waals surface area contributed by atoms with E-state index < -0.39 is 10.0 Å². The summed E-state index contributed by atoms with van der Waals surface area (Å²) in [6, 6.07) is 5.02. The lowest BCUT2D eigenvalue weighted by atomic mass is 10.0. The minimum absolute atomic E-state index is 0.307. The van der Waals surface area contributed by atoms with Gasteiger partial charge in [0, 0.05) is 5.54 Å². The van der Waals surface area contributed by atoms with Crippen LogP contribution in [0, 0.1) is 0 Å². The van der Waals surface area contributed by atoms with E-state index in [1.807, 2.05) is 6.92 Å². The topological polar surface area (TPSA) is 81.4 Å². The van der Waals surface area contributed by atoms with Crippen LogP contribution in [0.2, 0.25) is 0 Å². The van der Waals surface area contributed by atoms with E-state index in [4.69, 9.17) is 10.5 Å².